The van der Waals surface area contributed by atoms with Crippen LogP contribution in [-0.4, -0.2) is 21.8 Å². The lowest BCUT2D eigenvalue weighted by atomic mass is 10.0. The first-order valence-corrected chi connectivity index (χ1v) is 7.06. The molecule has 2 aromatic rings. The number of anilines is 1. The van der Waals surface area contributed by atoms with Crippen molar-refractivity contribution in [1.82, 2.24) is 9.88 Å². The lowest BCUT2D eigenvalue weighted by Gasteiger charge is -2.27. The second-order valence-electron chi connectivity index (χ2n) is 5.37. The molecule has 0 unspecified atom stereocenters. The van der Waals surface area contributed by atoms with Crippen molar-refractivity contribution in [1.29, 1.82) is 0 Å². The van der Waals surface area contributed by atoms with Crippen LogP contribution < -0.4 is 5.73 Å². The summed E-state index contributed by atoms with van der Waals surface area (Å²) in [6.45, 7) is 6.37. The molecule has 1 heterocycles. The lowest BCUT2D eigenvalue weighted by molar-refractivity contribution is 0.0687. The van der Waals surface area contributed by atoms with Gasteiger partial charge in [-0.2, -0.15) is 0 Å². The van der Waals surface area contributed by atoms with Gasteiger partial charge in [0.2, 0.25) is 0 Å². The van der Waals surface area contributed by atoms with E-state index in [1.165, 1.54) is 0 Å². The summed E-state index contributed by atoms with van der Waals surface area (Å²) in [4.78, 5) is 18.9. The Balaban J connectivity index is 2.30. The van der Waals surface area contributed by atoms with Gasteiger partial charge in [0.05, 0.1) is 12.2 Å². The Bertz CT molecular complexity index is 623. The largest absolute Gasteiger partial charge is 0.398 e. The first-order valence-electron chi connectivity index (χ1n) is 7.06. The SMILES string of the molecule is Cc1c(N)cccc1C(=O)N(Cc1ccccn1)C(C)C. The molecule has 0 bridgehead atoms. The summed E-state index contributed by atoms with van der Waals surface area (Å²) in [7, 11) is 0. The minimum Gasteiger partial charge on any atom is -0.398 e. The Hall–Kier alpha value is -2.36. The smallest absolute Gasteiger partial charge is 0.254 e. The number of amides is 1. The van der Waals surface area contributed by atoms with Crippen LogP contribution in [0.15, 0.2) is 42.6 Å². The van der Waals surface area contributed by atoms with Crippen molar-refractivity contribution in [3.63, 3.8) is 0 Å². The molecule has 0 aliphatic rings. The van der Waals surface area contributed by atoms with E-state index in [4.69, 9.17) is 5.73 Å². The van der Waals surface area contributed by atoms with Gasteiger partial charge in [-0.1, -0.05) is 12.1 Å². The number of hydrogen-bond acceptors (Lipinski definition) is 3. The first-order chi connectivity index (χ1) is 10.0. The van der Waals surface area contributed by atoms with E-state index in [1.807, 2.05) is 62.1 Å². The van der Waals surface area contributed by atoms with Crippen LogP contribution >= 0.6 is 0 Å². The maximum absolute atomic E-state index is 12.8. The Morgan fingerprint density at radius 1 is 1.24 bits per heavy atom. The predicted octanol–water partition coefficient (Wildman–Crippen LogP) is 3.02. The molecule has 2 rings (SSSR count). The minimum atomic E-state index is -0.0135. The normalized spacial score (nSPS) is 10.7. The van der Waals surface area contributed by atoms with Crippen molar-refractivity contribution in [3.8, 4) is 0 Å². The molecule has 0 fully saturated rings. The summed E-state index contributed by atoms with van der Waals surface area (Å²) in [5.74, 6) is -0.0135. The van der Waals surface area contributed by atoms with Crippen LogP contribution in [0.25, 0.3) is 0 Å². The molecule has 1 aromatic carbocycles. The van der Waals surface area contributed by atoms with Gasteiger partial charge in [0.15, 0.2) is 0 Å². The molecule has 0 aliphatic heterocycles. The number of aromatic nitrogens is 1. The van der Waals surface area contributed by atoms with Crippen molar-refractivity contribution in [2.24, 2.45) is 0 Å². The van der Waals surface area contributed by atoms with Crippen LogP contribution in [0.3, 0.4) is 0 Å². The van der Waals surface area contributed by atoms with Crippen LogP contribution in [0.5, 0.6) is 0 Å². The van der Waals surface area contributed by atoms with Gasteiger partial charge in [0.1, 0.15) is 0 Å². The molecule has 4 nitrogen and oxygen atoms in total. The molecule has 0 aliphatic carbocycles. The highest BCUT2D eigenvalue weighted by Crippen LogP contribution is 2.19. The molecule has 1 amide bonds. The Labute approximate surface area is 125 Å². The van der Waals surface area contributed by atoms with Gasteiger partial charge in [0, 0.05) is 23.5 Å². The van der Waals surface area contributed by atoms with Gasteiger partial charge in [-0.15, -0.1) is 0 Å². The average molecular weight is 283 g/mol. The summed E-state index contributed by atoms with van der Waals surface area (Å²) in [5, 5.41) is 0. The van der Waals surface area contributed by atoms with E-state index < -0.39 is 0 Å². The van der Waals surface area contributed by atoms with Crippen LogP contribution in [-0.2, 0) is 6.54 Å². The van der Waals surface area contributed by atoms with Crippen molar-refractivity contribution in [3.05, 3.63) is 59.4 Å². The third-order valence-electron chi connectivity index (χ3n) is 3.55. The fourth-order valence-electron chi connectivity index (χ4n) is 2.19. The van der Waals surface area contributed by atoms with Crippen LogP contribution in [0, 0.1) is 6.92 Å². The van der Waals surface area contributed by atoms with E-state index in [1.54, 1.807) is 6.20 Å². The van der Waals surface area contributed by atoms with Gasteiger partial charge in [-0.3, -0.25) is 9.78 Å². The number of rotatable bonds is 4. The van der Waals surface area contributed by atoms with Gasteiger partial charge in [-0.05, 0) is 50.6 Å². The first kappa shape index (κ1) is 15.0. The van der Waals surface area contributed by atoms with Crippen molar-refractivity contribution in [2.45, 2.75) is 33.4 Å². The van der Waals surface area contributed by atoms with Crippen LogP contribution in [0.4, 0.5) is 5.69 Å². The van der Waals surface area contributed by atoms with Crippen molar-refractivity contribution >= 4 is 11.6 Å². The summed E-state index contributed by atoms with van der Waals surface area (Å²) in [6.07, 6.45) is 1.74. The second kappa shape index (κ2) is 6.39. The lowest BCUT2D eigenvalue weighted by Crippen LogP contribution is -2.37. The Morgan fingerprint density at radius 3 is 2.62 bits per heavy atom. The maximum Gasteiger partial charge on any atom is 0.254 e. The van der Waals surface area contributed by atoms with E-state index >= 15 is 0 Å². The van der Waals surface area contributed by atoms with Gasteiger partial charge >= 0.3 is 0 Å². The highest BCUT2D eigenvalue weighted by molar-refractivity contribution is 5.97. The molecule has 0 saturated heterocycles. The Morgan fingerprint density at radius 2 is 2.00 bits per heavy atom. The molecule has 21 heavy (non-hydrogen) atoms. The zero-order valence-electron chi connectivity index (χ0n) is 12.7. The second-order valence-corrected chi connectivity index (χ2v) is 5.37. The number of carbonyl (C=O) groups excluding carboxylic acids is 1. The summed E-state index contributed by atoms with van der Waals surface area (Å²) in [5.41, 5.74) is 8.90. The van der Waals surface area contributed by atoms with E-state index in [0.717, 1.165) is 11.3 Å². The molecule has 2 N–H and O–H groups in total. The molecule has 0 atom stereocenters. The molecular weight excluding hydrogens is 262 g/mol. The van der Waals surface area contributed by atoms with E-state index in [0.29, 0.717) is 17.8 Å². The number of pyridine rings is 1. The van der Waals surface area contributed by atoms with Gasteiger partial charge < -0.3 is 10.6 Å². The molecular formula is C17H21N3O. The summed E-state index contributed by atoms with van der Waals surface area (Å²) >= 11 is 0. The third-order valence-corrected chi connectivity index (χ3v) is 3.55. The molecule has 0 saturated carbocycles. The van der Waals surface area contributed by atoms with Crippen molar-refractivity contribution < 1.29 is 4.79 Å². The molecule has 1 aromatic heterocycles. The minimum absolute atomic E-state index is 0.0135. The topological polar surface area (TPSA) is 59.2 Å². The standard InChI is InChI=1S/C17H21N3O/c1-12(2)20(11-14-7-4-5-10-19-14)17(21)15-8-6-9-16(18)13(15)3/h4-10,12H,11,18H2,1-3H3. The quantitative estimate of drug-likeness (QED) is 0.877. The highest BCUT2D eigenvalue weighted by atomic mass is 16.2. The number of nitrogen functional groups attached to an aromatic ring is 1. The summed E-state index contributed by atoms with van der Waals surface area (Å²) < 4.78 is 0. The highest BCUT2D eigenvalue weighted by Gasteiger charge is 2.21. The van der Waals surface area contributed by atoms with E-state index in [-0.39, 0.29) is 11.9 Å². The fourth-order valence-corrected chi connectivity index (χ4v) is 2.19. The van der Waals surface area contributed by atoms with Crippen molar-refractivity contribution in [2.75, 3.05) is 5.73 Å². The average Bonchev–Trinajstić information content (AvgIpc) is 2.48. The van der Waals surface area contributed by atoms with Crippen LogP contribution in [0.2, 0.25) is 0 Å². The fraction of sp³-hybridized carbons (Fsp3) is 0.294. The third kappa shape index (κ3) is 3.40. The molecule has 0 radical (unpaired) electrons. The molecule has 110 valence electrons. The Kier molecular flexibility index (Phi) is 4.58. The molecule has 0 spiro atoms. The number of nitrogens with zero attached hydrogens (tertiary/aromatic N) is 2. The number of carbonyl (C=O) groups is 1. The van der Waals surface area contributed by atoms with Gasteiger partial charge in [0.25, 0.3) is 5.91 Å². The number of hydrogen-bond donors (Lipinski definition) is 1. The van der Waals surface area contributed by atoms with E-state index in [9.17, 15) is 4.79 Å². The summed E-state index contributed by atoms with van der Waals surface area (Å²) in [6, 6.07) is 11.3. The number of nitrogens with two attached hydrogens (primary N) is 1. The molecule has 4 heteroatoms. The van der Waals surface area contributed by atoms with E-state index in [2.05, 4.69) is 4.98 Å². The predicted molar refractivity (Wildman–Crippen MR) is 84.8 cm³/mol. The monoisotopic (exact) mass is 283 g/mol. The van der Waals surface area contributed by atoms with Gasteiger partial charge in [-0.25, -0.2) is 0 Å². The zero-order chi connectivity index (χ0) is 15.4. The zero-order valence-corrected chi connectivity index (χ0v) is 12.7. The van der Waals surface area contributed by atoms with Crippen LogP contribution in [0.1, 0.15) is 35.5 Å². The number of benzene rings is 1. The maximum atomic E-state index is 12.8.